The zero-order valence-corrected chi connectivity index (χ0v) is 24.1. The Hall–Kier alpha value is -3.35. The van der Waals surface area contributed by atoms with Crippen molar-refractivity contribution in [3.05, 3.63) is 65.7 Å². The van der Waals surface area contributed by atoms with E-state index < -0.39 is 35.0 Å². The average Bonchev–Trinajstić information content (AvgIpc) is 2.81. The molecule has 2 rings (SSSR count). The van der Waals surface area contributed by atoms with Crippen LogP contribution in [0.3, 0.4) is 0 Å². The lowest BCUT2D eigenvalue weighted by Gasteiger charge is -2.28. The minimum absolute atomic E-state index is 0.162. The largest absolute Gasteiger partial charge is 0.489 e. The van der Waals surface area contributed by atoms with Crippen molar-refractivity contribution >= 4 is 17.8 Å². The van der Waals surface area contributed by atoms with Gasteiger partial charge < -0.3 is 20.1 Å². The van der Waals surface area contributed by atoms with Crippen LogP contribution in [0, 0.1) is 11.3 Å². The maximum absolute atomic E-state index is 13.3. The zero-order valence-electron chi connectivity index (χ0n) is 24.1. The first-order valence-corrected chi connectivity index (χ1v) is 13.2. The number of esters is 1. The molecule has 2 atom stereocenters. The Morgan fingerprint density at radius 3 is 1.92 bits per heavy atom. The topological polar surface area (TPSA) is 93.7 Å². The molecule has 0 saturated carbocycles. The molecule has 0 bridgehead atoms. The van der Waals surface area contributed by atoms with Gasteiger partial charge in [0.15, 0.2) is 0 Å². The maximum Gasteiger partial charge on any atom is 0.329 e. The highest BCUT2D eigenvalue weighted by Gasteiger charge is 2.32. The van der Waals surface area contributed by atoms with E-state index in [0.29, 0.717) is 18.8 Å². The highest BCUT2D eigenvalue weighted by atomic mass is 16.6. The van der Waals surface area contributed by atoms with Crippen molar-refractivity contribution in [3.63, 3.8) is 0 Å². The molecule has 38 heavy (non-hydrogen) atoms. The van der Waals surface area contributed by atoms with Gasteiger partial charge in [-0.2, -0.15) is 0 Å². The number of rotatable bonds is 11. The van der Waals surface area contributed by atoms with Crippen molar-refractivity contribution in [2.45, 2.75) is 92.5 Å². The van der Waals surface area contributed by atoms with Gasteiger partial charge in [-0.15, -0.1) is 0 Å². The summed E-state index contributed by atoms with van der Waals surface area (Å²) in [6.07, 6.45) is 0.684. The van der Waals surface area contributed by atoms with E-state index in [-0.39, 0.29) is 18.2 Å². The number of carbonyl (C=O) groups excluding carboxylic acids is 3. The molecule has 0 aliphatic heterocycles. The van der Waals surface area contributed by atoms with Crippen LogP contribution in [0.2, 0.25) is 0 Å². The summed E-state index contributed by atoms with van der Waals surface area (Å²) in [5, 5.41) is 5.71. The molecular weight excluding hydrogens is 480 g/mol. The molecule has 208 valence electrons. The van der Waals surface area contributed by atoms with E-state index in [1.54, 1.807) is 41.5 Å². The van der Waals surface area contributed by atoms with Crippen molar-refractivity contribution in [1.82, 2.24) is 10.6 Å². The number of hydrogen-bond donors (Lipinski definition) is 2. The summed E-state index contributed by atoms with van der Waals surface area (Å²) in [6.45, 7) is 15.2. The summed E-state index contributed by atoms with van der Waals surface area (Å²) in [7, 11) is 0. The fraction of sp³-hybridized carbons (Fsp3) is 0.516. The Bertz CT molecular complexity index is 1050. The second-order valence-corrected chi connectivity index (χ2v) is 12.1. The van der Waals surface area contributed by atoms with E-state index in [1.165, 1.54) is 0 Å². The normalized spacial score (nSPS) is 13.4. The fourth-order valence-electron chi connectivity index (χ4n) is 3.61. The van der Waals surface area contributed by atoms with Crippen LogP contribution in [0.4, 0.5) is 0 Å². The highest BCUT2D eigenvalue weighted by Crippen LogP contribution is 2.18. The molecule has 0 aromatic heterocycles. The van der Waals surface area contributed by atoms with Gasteiger partial charge in [0.1, 0.15) is 30.0 Å². The number of ether oxygens (including phenoxy) is 2. The molecule has 2 amide bonds. The van der Waals surface area contributed by atoms with Crippen LogP contribution < -0.4 is 15.4 Å². The molecule has 0 heterocycles. The summed E-state index contributed by atoms with van der Waals surface area (Å²) in [5.74, 6) is -0.291. The van der Waals surface area contributed by atoms with E-state index in [1.807, 2.05) is 68.4 Å². The van der Waals surface area contributed by atoms with Crippen molar-refractivity contribution in [1.29, 1.82) is 0 Å². The van der Waals surface area contributed by atoms with Crippen molar-refractivity contribution in [2.24, 2.45) is 11.3 Å². The molecule has 0 aliphatic carbocycles. The number of amides is 2. The SMILES string of the molecule is CC(C)C[C@H](NC(=O)C(C)(C)C)C(=O)N[C@@H](Cc1ccc(OCc2ccccc2)cc1)C(=O)OC(C)(C)C. The third kappa shape index (κ3) is 11.0. The van der Waals surface area contributed by atoms with Crippen molar-refractivity contribution in [2.75, 3.05) is 0 Å². The monoisotopic (exact) mass is 524 g/mol. The summed E-state index contributed by atoms with van der Waals surface area (Å²) >= 11 is 0. The standard InChI is InChI=1S/C31H44N2O5/c1-21(2)18-25(33-29(36)30(3,4)5)27(34)32-26(28(35)38-31(6,7)8)19-22-14-16-24(17-15-22)37-20-23-12-10-9-11-13-23/h9-17,21,25-26H,18-20H2,1-8H3,(H,32,34)(H,33,36)/t25-,26-/m0/s1. The lowest BCUT2D eigenvalue weighted by molar-refractivity contribution is -0.158. The Kier molecular flexibility index (Phi) is 10.9. The van der Waals surface area contributed by atoms with Crippen LogP contribution in [0.15, 0.2) is 54.6 Å². The lowest BCUT2D eigenvalue weighted by atomic mass is 9.94. The van der Waals surface area contributed by atoms with E-state index in [2.05, 4.69) is 10.6 Å². The predicted molar refractivity (Wildman–Crippen MR) is 150 cm³/mol. The van der Waals surface area contributed by atoms with Crippen LogP contribution in [0.25, 0.3) is 0 Å². The molecule has 0 aliphatic rings. The zero-order chi connectivity index (χ0) is 28.5. The smallest absolute Gasteiger partial charge is 0.329 e. The molecule has 7 nitrogen and oxygen atoms in total. The summed E-state index contributed by atoms with van der Waals surface area (Å²) in [4.78, 5) is 39.1. The second-order valence-electron chi connectivity index (χ2n) is 12.1. The van der Waals surface area contributed by atoms with Crippen molar-refractivity contribution in [3.8, 4) is 5.75 Å². The third-order valence-electron chi connectivity index (χ3n) is 5.63. The van der Waals surface area contributed by atoms with Gasteiger partial charge in [-0.25, -0.2) is 4.79 Å². The van der Waals surface area contributed by atoms with Crippen molar-refractivity contribution < 1.29 is 23.9 Å². The molecule has 0 spiro atoms. The number of hydrogen-bond acceptors (Lipinski definition) is 5. The first kappa shape index (κ1) is 30.9. The fourth-order valence-corrected chi connectivity index (χ4v) is 3.61. The summed E-state index contributed by atoms with van der Waals surface area (Å²) < 4.78 is 11.5. The van der Waals surface area contributed by atoms with Crippen LogP contribution in [0.1, 0.15) is 72.9 Å². The van der Waals surface area contributed by atoms with E-state index >= 15 is 0 Å². The van der Waals surface area contributed by atoms with Gasteiger partial charge >= 0.3 is 5.97 Å². The van der Waals surface area contributed by atoms with Gasteiger partial charge in [-0.1, -0.05) is 77.1 Å². The van der Waals surface area contributed by atoms with Gasteiger partial charge in [0, 0.05) is 11.8 Å². The Morgan fingerprint density at radius 2 is 1.39 bits per heavy atom. The number of nitrogens with one attached hydrogen (secondary N) is 2. The highest BCUT2D eigenvalue weighted by molar-refractivity contribution is 5.92. The first-order chi connectivity index (χ1) is 17.6. The minimum atomic E-state index is -0.918. The Morgan fingerprint density at radius 1 is 0.789 bits per heavy atom. The van der Waals surface area contributed by atoms with Crippen LogP contribution in [0.5, 0.6) is 5.75 Å². The quantitative estimate of drug-likeness (QED) is 0.394. The van der Waals surface area contributed by atoms with Gasteiger partial charge in [-0.3, -0.25) is 9.59 Å². The van der Waals surface area contributed by atoms with Crippen LogP contribution >= 0.6 is 0 Å². The predicted octanol–water partition coefficient (Wildman–Crippen LogP) is 5.21. The molecular formula is C31H44N2O5. The third-order valence-corrected chi connectivity index (χ3v) is 5.63. The second kappa shape index (κ2) is 13.4. The molecule has 7 heteroatoms. The average molecular weight is 525 g/mol. The van der Waals surface area contributed by atoms with Crippen LogP contribution in [-0.2, 0) is 32.1 Å². The molecule has 0 saturated heterocycles. The molecule has 0 radical (unpaired) electrons. The van der Waals surface area contributed by atoms with E-state index in [4.69, 9.17) is 9.47 Å². The molecule has 2 N–H and O–H groups in total. The van der Waals surface area contributed by atoms with Gasteiger partial charge in [0.2, 0.25) is 11.8 Å². The van der Waals surface area contributed by atoms with Gasteiger partial charge in [0.25, 0.3) is 0 Å². The number of carbonyl (C=O) groups is 3. The van der Waals surface area contributed by atoms with Gasteiger partial charge in [0.05, 0.1) is 0 Å². The summed E-state index contributed by atoms with van der Waals surface area (Å²) in [5.41, 5.74) is 0.545. The van der Waals surface area contributed by atoms with Gasteiger partial charge in [-0.05, 0) is 56.4 Å². The van der Waals surface area contributed by atoms with E-state index in [0.717, 1.165) is 11.1 Å². The maximum atomic E-state index is 13.3. The first-order valence-electron chi connectivity index (χ1n) is 13.2. The Balaban J connectivity index is 2.16. The molecule has 0 fully saturated rings. The number of benzene rings is 2. The molecule has 2 aromatic rings. The minimum Gasteiger partial charge on any atom is -0.489 e. The van der Waals surface area contributed by atoms with E-state index in [9.17, 15) is 14.4 Å². The summed E-state index contributed by atoms with van der Waals surface area (Å²) in [6, 6.07) is 15.6. The van der Waals surface area contributed by atoms with Crippen LogP contribution in [-0.4, -0.2) is 35.5 Å². The lowest BCUT2D eigenvalue weighted by Crippen LogP contribution is -2.55. The molecule has 0 unspecified atom stereocenters. The molecule has 2 aromatic carbocycles. The Labute approximate surface area is 227 Å².